The molecule has 2 aromatic rings. The SMILES string of the molecule is C[C@H](Cn1cccn1)NCc1cccc(C#N)c1. The number of rotatable bonds is 5. The van der Waals surface area contributed by atoms with Gasteiger partial charge < -0.3 is 5.32 Å². The third-order valence-corrected chi connectivity index (χ3v) is 2.73. The number of hydrogen-bond acceptors (Lipinski definition) is 3. The molecule has 0 aliphatic rings. The molecule has 1 N–H and O–H groups in total. The van der Waals surface area contributed by atoms with Gasteiger partial charge in [0, 0.05) is 25.0 Å². The maximum absolute atomic E-state index is 8.83. The van der Waals surface area contributed by atoms with Crippen LogP contribution in [0.5, 0.6) is 0 Å². The highest BCUT2D eigenvalue weighted by atomic mass is 15.3. The van der Waals surface area contributed by atoms with Gasteiger partial charge in [-0.3, -0.25) is 4.68 Å². The fourth-order valence-corrected chi connectivity index (χ4v) is 1.80. The lowest BCUT2D eigenvalue weighted by Gasteiger charge is -2.14. The summed E-state index contributed by atoms with van der Waals surface area (Å²) < 4.78 is 1.91. The van der Waals surface area contributed by atoms with Crippen molar-refractivity contribution in [3.63, 3.8) is 0 Å². The first-order valence-corrected chi connectivity index (χ1v) is 5.98. The van der Waals surface area contributed by atoms with E-state index in [0.29, 0.717) is 11.6 Å². The van der Waals surface area contributed by atoms with Gasteiger partial charge in [-0.05, 0) is 30.7 Å². The van der Waals surface area contributed by atoms with E-state index in [0.717, 1.165) is 18.7 Å². The van der Waals surface area contributed by atoms with E-state index in [2.05, 4.69) is 23.4 Å². The van der Waals surface area contributed by atoms with Crippen molar-refractivity contribution < 1.29 is 0 Å². The van der Waals surface area contributed by atoms with E-state index < -0.39 is 0 Å². The van der Waals surface area contributed by atoms with Crippen LogP contribution in [0.25, 0.3) is 0 Å². The number of nitriles is 1. The zero-order valence-electron chi connectivity index (χ0n) is 10.4. The summed E-state index contributed by atoms with van der Waals surface area (Å²) in [7, 11) is 0. The molecule has 0 fully saturated rings. The average Bonchev–Trinajstić information content (AvgIpc) is 2.89. The maximum Gasteiger partial charge on any atom is 0.0991 e. The van der Waals surface area contributed by atoms with Gasteiger partial charge in [-0.25, -0.2) is 0 Å². The lowest BCUT2D eigenvalue weighted by Crippen LogP contribution is -2.30. The number of hydrogen-bond donors (Lipinski definition) is 1. The van der Waals surface area contributed by atoms with Crippen molar-refractivity contribution in [1.82, 2.24) is 15.1 Å². The van der Waals surface area contributed by atoms with Crippen molar-refractivity contribution in [3.05, 3.63) is 53.9 Å². The van der Waals surface area contributed by atoms with Crippen LogP contribution < -0.4 is 5.32 Å². The Morgan fingerprint density at radius 3 is 3.06 bits per heavy atom. The summed E-state index contributed by atoms with van der Waals surface area (Å²) in [6.07, 6.45) is 3.73. The Morgan fingerprint density at radius 1 is 1.44 bits per heavy atom. The van der Waals surface area contributed by atoms with Gasteiger partial charge in [-0.15, -0.1) is 0 Å². The van der Waals surface area contributed by atoms with Crippen molar-refractivity contribution in [3.8, 4) is 6.07 Å². The number of nitrogens with one attached hydrogen (secondary N) is 1. The van der Waals surface area contributed by atoms with Gasteiger partial charge in [0.05, 0.1) is 18.2 Å². The summed E-state index contributed by atoms with van der Waals surface area (Å²) in [5.41, 5.74) is 1.83. The Bertz CT molecular complexity index is 525. The Morgan fingerprint density at radius 2 is 2.33 bits per heavy atom. The average molecular weight is 240 g/mol. The van der Waals surface area contributed by atoms with Crippen LogP contribution in [0.1, 0.15) is 18.1 Å². The molecule has 1 aromatic heterocycles. The molecule has 0 aliphatic carbocycles. The largest absolute Gasteiger partial charge is 0.308 e. The highest BCUT2D eigenvalue weighted by Gasteiger charge is 2.03. The van der Waals surface area contributed by atoms with Crippen molar-refractivity contribution in [2.24, 2.45) is 0 Å². The topological polar surface area (TPSA) is 53.6 Å². The standard InChI is InChI=1S/C14H16N4/c1-12(11-18-7-3-6-17-18)16-10-14-5-2-4-13(8-14)9-15/h2-8,12,16H,10-11H2,1H3/t12-/m1/s1. The highest BCUT2D eigenvalue weighted by molar-refractivity contribution is 5.32. The molecular weight excluding hydrogens is 224 g/mol. The fourth-order valence-electron chi connectivity index (χ4n) is 1.80. The fraction of sp³-hybridized carbons (Fsp3) is 0.286. The predicted molar refractivity (Wildman–Crippen MR) is 69.7 cm³/mol. The monoisotopic (exact) mass is 240 g/mol. The van der Waals surface area contributed by atoms with Gasteiger partial charge in [0.15, 0.2) is 0 Å². The second-order valence-electron chi connectivity index (χ2n) is 4.32. The van der Waals surface area contributed by atoms with Crippen LogP contribution >= 0.6 is 0 Å². The number of benzene rings is 1. The van der Waals surface area contributed by atoms with E-state index in [1.54, 1.807) is 6.20 Å². The van der Waals surface area contributed by atoms with Crippen LogP contribution in [0.2, 0.25) is 0 Å². The minimum Gasteiger partial charge on any atom is -0.308 e. The van der Waals surface area contributed by atoms with Crippen molar-refractivity contribution in [2.45, 2.75) is 26.1 Å². The van der Waals surface area contributed by atoms with Crippen LogP contribution in [-0.2, 0) is 13.1 Å². The molecule has 18 heavy (non-hydrogen) atoms. The van der Waals surface area contributed by atoms with E-state index in [9.17, 15) is 0 Å². The van der Waals surface area contributed by atoms with Gasteiger partial charge >= 0.3 is 0 Å². The summed E-state index contributed by atoms with van der Waals surface area (Å²) >= 11 is 0. The van der Waals surface area contributed by atoms with Crippen molar-refractivity contribution in [2.75, 3.05) is 0 Å². The minimum atomic E-state index is 0.329. The Kier molecular flexibility index (Phi) is 4.11. The number of nitrogens with zero attached hydrogens (tertiary/aromatic N) is 3. The highest BCUT2D eigenvalue weighted by Crippen LogP contribution is 2.04. The molecule has 1 heterocycles. The zero-order valence-corrected chi connectivity index (χ0v) is 10.4. The van der Waals surface area contributed by atoms with E-state index in [1.807, 2.05) is 41.2 Å². The molecule has 0 bridgehead atoms. The smallest absolute Gasteiger partial charge is 0.0991 e. The van der Waals surface area contributed by atoms with Crippen LogP contribution in [0.4, 0.5) is 0 Å². The Hall–Kier alpha value is -2.12. The second-order valence-corrected chi connectivity index (χ2v) is 4.32. The Labute approximate surface area is 107 Å². The maximum atomic E-state index is 8.83. The van der Waals surface area contributed by atoms with E-state index >= 15 is 0 Å². The Balaban J connectivity index is 1.85. The third kappa shape index (κ3) is 3.44. The van der Waals surface area contributed by atoms with E-state index in [1.165, 1.54) is 0 Å². The van der Waals surface area contributed by atoms with Crippen molar-refractivity contribution in [1.29, 1.82) is 5.26 Å². The lowest BCUT2D eigenvalue weighted by atomic mass is 10.1. The molecule has 0 amide bonds. The first kappa shape index (κ1) is 12.3. The van der Waals surface area contributed by atoms with Crippen LogP contribution in [0.15, 0.2) is 42.7 Å². The quantitative estimate of drug-likeness (QED) is 0.868. The van der Waals surface area contributed by atoms with Gasteiger partial charge in [0.25, 0.3) is 0 Å². The summed E-state index contributed by atoms with van der Waals surface area (Å²) in [6.45, 7) is 3.72. The molecule has 2 rings (SSSR count). The number of aromatic nitrogens is 2. The molecular formula is C14H16N4. The molecule has 0 spiro atoms. The summed E-state index contributed by atoms with van der Waals surface area (Å²) in [4.78, 5) is 0. The van der Waals surface area contributed by atoms with Crippen LogP contribution in [-0.4, -0.2) is 15.8 Å². The van der Waals surface area contributed by atoms with E-state index in [4.69, 9.17) is 5.26 Å². The third-order valence-electron chi connectivity index (χ3n) is 2.73. The lowest BCUT2D eigenvalue weighted by molar-refractivity contribution is 0.451. The first-order valence-electron chi connectivity index (χ1n) is 5.98. The molecule has 4 nitrogen and oxygen atoms in total. The predicted octanol–water partition coefficient (Wildman–Crippen LogP) is 1.93. The molecule has 0 unspecified atom stereocenters. The molecule has 4 heteroatoms. The molecule has 0 saturated heterocycles. The zero-order chi connectivity index (χ0) is 12.8. The van der Waals surface area contributed by atoms with Gasteiger partial charge in [0.2, 0.25) is 0 Å². The van der Waals surface area contributed by atoms with Gasteiger partial charge in [-0.1, -0.05) is 12.1 Å². The van der Waals surface area contributed by atoms with E-state index in [-0.39, 0.29) is 0 Å². The summed E-state index contributed by atoms with van der Waals surface area (Å²) in [6, 6.07) is 12.1. The van der Waals surface area contributed by atoms with Crippen molar-refractivity contribution >= 4 is 0 Å². The second kappa shape index (κ2) is 5.99. The van der Waals surface area contributed by atoms with Gasteiger partial charge in [0.1, 0.15) is 0 Å². The summed E-state index contributed by atoms with van der Waals surface area (Å²) in [5.74, 6) is 0. The van der Waals surface area contributed by atoms with Crippen LogP contribution in [0, 0.1) is 11.3 Å². The molecule has 1 atom stereocenters. The first-order chi connectivity index (χ1) is 8.78. The molecule has 0 radical (unpaired) electrons. The molecule has 1 aromatic carbocycles. The minimum absolute atomic E-state index is 0.329. The molecule has 92 valence electrons. The van der Waals surface area contributed by atoms with Gasteiger partial charge in [-0.2, -0.15) is 10.4 Å². The molecule has 0 saturated carbocycles. The van der Waals surface area contributed by atoms with Crippen LogP contribution in [0.3, 0.4) is 0 Å². The summed E-state index contributed by atoms with van der Waals surface area (Å²) in [5, 5.41) is 16.4. The molecule has 0 aliphatic heterocycles. The normalized spacial score (nSPS) is 12.0.